The van der Waals surface area contributed by atoms with Gasteiger partial charge in [-0.05, 0) is 24.8 Å². The summed E-state index contributed by atoms with van der Waals surface area (Å²) >= 11 is 0. The molecular weight excluding hydrogens is 308 g/mol. The Balaban J connectivity index is 1.44. The lowest BCUT2D eigenvalue weighted by molar-refractivity contribution is -0.144. The molecule has 24 heavy (non-hydrogen) atoms. The van der Waals surface area contributed by atoms with Gasteiger partial charge in [0.25, 0.3) is 5.91 Å². The summed E-state index contributed by atoms with van der Waals surface area (Å²) in [5, 5.41) is 4.07. The van der Waals surface area contributed by atoms with E-state index in [9.17, 15) is 4.79 Å². The van der Waals surface area contributed by atoms with E-state index >= 15 is 0 Å². The Morgan fingerprint density at radius 2 is 1.92 bits per heavy atom. The van der Waals surface area contributed by atoms with Crippen LogP contribution in [0.1, 0.15) is 37.4 Å². The number of carbonyl (C=O) groups excluding carboxylic acids is 1. The smallest absolute Gasteiger partial charge is 0.272 e. The monoisotopic (exact) mass is 330 g/mol. The number of nitrogens with zero attached hydrogens (tertiary/aromatic N) is 2. The molecule has 0 aromatic heterocycles. The normalized spacial score (nSPS) is 27.8. The lowest BCUT2D eigenvalue weighted by atomic mass is 9.99. The van der Waals surface area contributed by atoms with Gasteiger partial charge in [-0.25, -0.2) is 0 Å². The maximum Gasteiger partial charge on any atom is 0.272 e. The minimum absolute atomic E-state index is 0.0211. The van der Waals surface area contributed by atoms with Crippen molar-refractivity contribution in [3.05, 3.63) is 35.9 Å². The first-order valence-electron chi connectivity index (χ1n) is 8.65. The summed E-state index contributed by atoms with van der Waals surface area (Å²) in [5.41, 5.74) is 1.54. The summed E-state index contributed by atoms with van der Waals surface area (Å²) in [6.07, 6.45) is 3.04. The van der Waals surface area contributed by atoms with E-state index in [0.717, 1.165) is 31.4 Å². The van der Waals surface area contributed by atoms with Crippen molar-refractivity contribution >= 4 is 11.6 Å². The van der Waals surface area contributed by atoms with Crippen LogP contribution >= 0.6 is 0 Å². The van der Waals surface area contributed by atoms with E-state index in [1.165, 1.54) is 0 Å². The molecule has 2 fully saturated rings. The number of amides is 1. The van der Waals surface area contributed by atoms with Gasteiger partial charge in [-0.2, -0.15) is 0 Å². The van der Waals surface area contributed by atoms with Crippen molar-refractivity contribution in [2.24, 2.45) is 5.16 Å². The molecule has 0 aliphatic carbocycles. The third-order valence-corrected chi connectivity index (χ3v) is 4.86. The van der Waals surface area contributed by atoms with Crippen LogP contribution in [0.2, 0.25) is 0 Å². The Morgan fingerprint density at radius 3 is 2.71 bits per heavy atom. The predicted octanol–water partition coefficient (Wildman–Crippen LogP) is 2.26. The van der Waals surface area contributed by atoms with E-state index in [2.05, 4.69) is 5.16 Å². The van der Waals surface area contributed by atoms with E-state index in [4.69, 9.17) is 14.3 Å². The van der Waals surface area contributed by atoms with Gasteiger partial charge in [0.05, 0.1) is 19.3 Å². The van der Waals surface area contributed by atoms with Crippen LogP contribution in [0, 0.1) is 0 Å². The molecule has 1 amide bonds. The Hall–Kier alpha value is -1.92. The second-order valence-corrected chi connectivity index (χ2v) is 6.42. The van der Waals surface area contributed by atoms with Crippen molar-refractivity contribution in [1.82, 2.24) is 4.90 Å². The fourth-order valence-electron chi connectivity index (χ4n) is 3.61. The molecule has 0 N–H and O–H groups in total. The summed E-state index contributed by atoms with van der Waals surface area (Å²) in [4.78, 5) is 20.3. The van der Waals surface area contributed by atoms with Gasteiger partial charge >= 0.3 is 0 Å². The summed E-state index contributed by atoms with van der Waals surface area (Å²) in [6.45, 7) is 1.93. The molecule has 3 aliphatic heterocycles. The fourth-order valence-corrected chi connectivity index (χ4v) is 3.61. The lowest BCUT2D eigenvalue weighted by Crippen LogP contribution is -2.52. The van der Waals surface area contributed by atoms with Crippen LogP contribution in [0.3, 0.4) is 0 Å². The Kier molecular flexibility index (Phi) is 4.49. The molecule has 0 radical (unpaired) electrons. The van der Waals surface area contributed by atoms with Crippen molar-refractivity contribution in [3.8, 4) is 0 Å². The highest BCUT2D eigenvalue weighted by Crippen LogP contribution is 2.30. The molecule has 3 aliphatic rings. The molecule has 0 spiro atoms. The summed E-state index contributed by atoms with van der Waals surface area (Å²) in [5.74, 6) is -0.0442. The van der Waals surface area contributed by atoms with Crippen molar-refractivity contribution in [2.45, 2.75) is 44.1 Å². The quantitative estimate of drug-likeness (QED) is 0.853. The van der Waals surface area contributed by atoms with Gasteiger partial charge in [-0.15, -0.1) is 0 Å². The topological polar surface area (TPSA) is 60.4 Å². The molecule has 6 nitrogen and oxygen atoms in total. The van der Waals surface area contributed by atoms with Crippen LogP contribution in [0.15, 0.2) is 35.5 Å². The predicted molar refractivity (Wildman–Crippen MR) is 87.4 cm³/mol. The van der Waals surface area contributed by atoms with Gasteiger partial charge in [0.1, 0.15) is 5.71 Å². The van der Waals surface area contributed by atoms with Gasteiger partial charge in [0, 0.05) is 13.0 Å². The van der Waals surface area contributed by atoms with E-state index in [1.807, 2.05) is 35.2 Å². The molecular formula is C18H22N2O4. The number of piperidine rings is 1. The number of hydrogen-bond donors (Lipinski definition) is 0. The number of likely N-dealkylation sites (tertiary alicyclic amines) is 1. The molecule has 2 unspecified atom stereocenters. The summed E-state index contributed by atoms with van der Waals surface area (Å²) in [7, 11) is 0. The van der Waals surface area contributed by atoms with Crippen molar-refractivity contribution in [2.75, 3.05) is 19.8 Å². The maximum atomic E-state index is 12.9. The zero-order valence-corrected chi connectivity index (χ0v) is 13.6. The number of hydrogen-bond acceptors (Lipinski definition) is 5. The molecule has 0 bridgehead atoms. The first-order chi connectivity index (χ1) is 11.8. The summed E-state index contributed by atoms with van der Waals surface area (Å²) < 4.78 is 11.3. The van der Waals surface area contributed by atoms with Crippen molar-refractivity contribution in [1.29, 1.82) is 0 Å². The first kappa shape index (κ1) is 15.6. The highest BCUT2D eigenvalue weighted by atomic mass is 16.7. The standard InChI is InChI=1S/C18H22N2O4/c21-17(14-12-16(24-19-14)13-6-2-1-3-7-13)20-9-5-4-8-15(20)18-22-10-11-23-18/h1-3,6-7,15-16,18H,4-5,8-12H2. The molecule has 4 rings (SSSR count). The molecule has 3 heterocycles. The van der Waals surface area contributed by atoms with Crippen LogP contribution in [0.5, 0.6) is 0 Å². The zero-order chi connectivity index (χ0) is 16.4. The molecule has 6 heteroatoms. The number of carbonyl (C=O) groups is 1. The third kappa shape index (κ3) is 3.03. The molecule has 2 atom stereocenters. The molecule has 1 aromatic rings. The van der Waals surface area contributed by atoms with Crippen LogP contribution in [0.4, 0.5) is 0 Å². The van der Waals surface area contributed by atoms with Gasteiger partial charge in [0.2, 0.25) is 0 Å². The van der Waals surface area contributed by atoms with Crippen LogP contribution in [-0.4, -0.2) is 48.6 Å². The molecule has 0 saturated carbocycles. The lowest BCUT2D eigenvalue weighted by Gasteiger charge is -2.37. The second kappa shape index (κ2) is 6.91. The van der Waals surface area contributed by atoms with E-state index < -0.39 is 0 Å². The average molecular weight is 330 g/mol. The van der Waals surface area contributed by atoms with Gasteiger partial charge in [0.15, 0.2) is 12.4 Å². The summed E-state index contributed by atoms with van der Waals surface area (Å²) in [6, 6.07) is 9.87. The number of ether oxygens (including phenoxy) is 2. The minimum atomic E-state index is -0.304. The number of rotatable bonds is 3. The third-order valence-electron chi connectivity index (χ3n) is 4.86. The van der Waals surface area contributed by atoms with E-state index in [-0.39, 0.29) is 24.3 Å². The fraction of sp³-hybridized carbons (Fsp3) is 0.556. The van der Waals surface area contributed by atoms with Gasteiger partial charge < -0.3 is 19.2 Å². The molecule has 1 aromatic carbocycles. The number of oxime groups is 1. The van der Waals surface area contributed by atoms with E-state index in [1.54, 1.807) is 0 Å². The Bertz CT molecular complexity index is 613. The zero-order valence-electron chi connectivity index (χ0n) is 13.6. The van der Waals surface area contributed by atoms with E-state index in [0.29, 0.717) is 25.3 Å². The highest BCUT2D eigenvalue weighted by molar-refractivity contribution is 6.39. The maximum absolute atomic E-state index is 12.9. The van der Waals surface area contributed by atoms with Crippen LogP contribution in [0.25, 0.3) is 0 Å². The largest absolute Gasteiger partial charge is 0.387 e. The van der Waals surface area contributed by atoms with Gasteiger partial charge in [-0.3, -0.25) is 4.79 Å². The minimum Gasteiger partial charge on any atom is -0.387 e. The Labute approximate surface area is 141 Å². The Morgan fingerprint density at radius 1 is 1.12 bits per heavy atom. The highest BCUT2D eigenvalue weighted by Gasteiger charge is 2.39. The number of benzene rings is 1. The van der Waals surface area contributed by atoms with Crippen LogP contribution < -0.4 is 0 Å². The SMILES string of the molecule is O=C(C1=NOC(c2ccccc2)C1)N1CCCCC1C1OCCO1. The second-order valence-electron chi connectivity index (χ2n) is 6.42. The average Bonchev–Trinajstić information content (AvgIpc) is 3.34. The van der Waals surface area contributed by atoms with Gasteiger partial charge in [-0.1, -0.05) is 35.5 Å². The first-order valence-corrected chi connectivity index (χ1v) is 8.65. The van der Waals surface area contributed by atoms with Crippen LogP contribution in [-0.2, 0) is 19.1 Å². The van der Waals surface area contributed by atoms with Crippen molar-refractivity contribution in [3.63, 3.8) is 0 Å². The molecule has 128 valence electrons. The molecule has 2 saturated heterocycles. The van der Waals surface area contributed by atoms with Crippen molar-refractivity contribution < 1.29 is 19.1 Å².